The fraction of sp³-hybridized carbons (Fsp3) is 0.222. The fourth-order valence-corrected chi connectivity index (χ4v) is 2.85. The summed E-state index contributed by atoms with van der Waals surface area (Å²) in [6, 6.07) is 13.8. The number of aromatic nitrogens is 1. The Bertz CT molecular complexity index is 877. The molecule has 4 nitrogen and oxygen atoms in total. The van der Waals surface area contributed by atoms with Crippen LogP contribution in [0.25, 0.3) is 21.8 Å². The second-order valence-corrected chi connectivity index (χ2v) is 6.68. The molecule has 0 aliphatic rings. The van der Waals surface area contributed by atoms with Gasteiger partial charge < -0.3 is 10.2 Å². The van der Waals surface area contributed by atoms with Gasteiger partial charge in [0.1, 0.15) is 0 Å². The first-order valence-electron chi connectivity index (χ1n) is 7.46. The Labute approximate surface area is 143 Å². The molecule has 1 amide bonds. The van der Waals surface area contributed by atoms with E-state index in [1.165, 1.54) is 0 Å². The molecule has 0 aliphatic carbocycles. The van der Waals surface area contributed by atoms with Gasteiger partial charge in [-0.15, -0.1) is 0 Å². The number of carbonyl (C=O) groups is 1. The van der Waals surface area contributed by atoms with E-state index in [0.717, 1.165) is 32.8 Å². The van der Waals surface area contributed by atoms with Crippen molar-refractivity contribution in [2.75, 3.05) is 27.2 Å². The molecule has 2 aromatic carbocycles. The van der Waals surface area contributed by atoms with E-state index in [0.29, 0.717) is 12.1 Å². The summed E-state index contributed by atoms with van der Waals surface area (Å²) in [5.41, 5.74) is 2.23. The van der Waals surface area contributed by atoms with Crippen molar-refractivity contribution in [3.05, 3.63) is 52.5 Å². The molecule has 5 heteroatoms. The van der Waals surface area contributed by atoms with Gasteiger partial charge in [-0.05, 0) is 38.4 Å². The molecule has 23 heavy (non-hydrogen) atoms. The minimum atomic E-state index is -0.0840. The predicted octanol–water partition coefficient (Wildman–Crippen LogP) is 3.44. The minimum absolute atomic E-state index is 0.0840. The van der Waals surface area contributed by atoms with Crippen LogP contribution in [0, 0.1) is 0 Å². The number of carbonyl (C=O) groups excluding carboxylic acids is 1. The van der Waals surface area contributed by atoms with Gasteiger partial charge in [-0.25, -0.2) is 4.98 Å². The van der Waals surface area contributed by atoms with Crippen LogP contribution in [0.4, 0.5) is 0 Å². The van der Waals surface area contributed by atoms with Crippen LogP contribution in [-0.4, -0.2) is 43.0 Å². The highest BCUT2D eigenvalue weighted by Crippen LogP contribution is 2.24. The molecule has 1 aromatic heterocycles. The van der Waals surface area contributed by atoms with E-state index in [9.17, 15) is 4.79 Å². The standard InChI is InChI=1S/C18H18BrN3O/c1-22(2)9-8-20-18(23)15-5-3-4-13-10-12-6-7-14(19)11-16(12)21-17(13)15/h3-7,10-11H,8-9H2,1-2H3,(H,20,23). The number of halogens is 1. The Hall–Kier alpha value is -1.98. The van der Waals surface area contributed by atoms with Crippen LogP contribution in [0.2, 0.25) is 0 Å². The lowest BCUT2D eigenvalue weighted by atomic mass is 10.1. The van der Waals surface area contributed by atoms with E-state index < -0.39 is 0 Å². The van der Waals surface area contributed by atoms with Crippen molar-refractivity contribution in [1.29, 1.82) is 0 Å². The van der Waals surface area contributed by atoms with Crippen LogP contribution >= 0.6 is 15.9 Å². The first-order valence-corrected chi connectivity index (χ1v) is 8.26. The third-order valence-electron chi connectivity index (χ3n) is 3.69. The highest BCUT2D eigenvalue weighted by atomic mass is 79.9. The minimum Gasteiger partial charge on any atom is -0.351 e. The van der Waals surface area contributed by atoms with E-state index in [2.05, 4.69) is 27.3 Å². The molecule has 0 aliphatic heterocycles. The van der Waals surface area contributed by atoms with Gasteiger partial charge in [0.15, 0.2) is 0 Å². The van der Waals surface area contributed by atoms with Crippen molar-refractivity contribution in [2.45, 2.75) is 0 Å². The summed E-state index contributed by atoms with van der Waals surface area (Å²) in [5.74, 6) is -0.0840. The van der Waals surface area contributed by atoms with Crippen molar-refractivity contribution in [2.24, 2.45) is 0 Å². The number of hydrogen-bond acceptors (Lipinski definition) is 3. The van der Waals surface area contributed by atoms with Crippen molar-refractivity contribution < 1.29 is 4.79 Å². The lowest BCUT2D eigenvalue weighted by Gasteiger charge is -2.11. The largest absolute Gasteiger partial charge is 0.351 e. The fourth-order valence-electron chi connectivity index (χ4n) is 2.50. The lowest BCUT2D eigenvalue weighted by molar-refractivity contribution is 0.0952. The number of benzene rings is 2. The van der Waals surface area contributed by atoms with E-state index in [1.54, 1.807) is 0 Å². The van der Waals surface area contributed by atoms with Gasteiger partial charge in [0.2, 0.25) is 0 Å². The Kier molecular flexibility index (Phi) is 4.59. The van der Waals surface area contributed by atoms with Gasteiger partial charge in [-0.3, -0.25) is 4.79 Å². The number of hydrogen-bond donors (Lipinski definition) is 1. The molecular formula is C18H18BrN3O. The SMILES string of the molecule is CN(C)CCNC(=O)c1cccc2cc3ccc(Br)cc3nc12. The molecule has 118 valence electrons. The van der Waals surface area contributed by atoms with Gasteiger partial charge in [-0.1, -0.05) is 34.1 Å². The maximum Gasteiger partial charge on any atom is 0.253 e. The number of rotatable bonds is 4. The summed E-state index contributed by atoms with van der Waals surface area (Å²) >= 11 is 3.47. The summed E-state index contributed by atoms with van der Waals surface area (Å²) in [5, 5.41) is 4.99. The topological polar surface area (TPSA) is 45.2 Å². The predicted molar refractivity (Wildman–Crippen MR) is 97.8 cm³/mol. The third kappa shape index (κ3) is 3.51. The number of fused-ring (bicyclic) bond motifs is 2. The van der Waals surface area contributed by atoms with E-state index in [-0.39, 0.29) is 5.91 Å². The zero-order valence-corrected chi connectivity index (χ0v) is 14.7. The Morgan fingerprint density at radius 3 is 2.78 bits per heavy atom. The van der Waals surface area contributed by atoms with Crippen molar-refractivity contribution in [3.63, 3.8) is 0 Å². The summed E-state index contributed by atoms with van der Waals surface area (Å²) < 4.78 is 0.977. The van der Waals surface area contributed by atoms with Crippen LogP contribution in [0.3, 0.4) is 0 Å². The van der Waals surface area contributed by atoms with E-state index >= 15 is 0 Å². The molecule has 0 fully saturated rings. The number of nitrogens with one attached hydrogen (secondary N) is 1. The molecule has 0 saturated carbocycles. The van der Waals surface area contributed by atoms with Gasteiger partial charge >= 0.3 is 0 Å². The van der Waals surface area contributed by atoms with Crippen LogP contribution in [0.5, 0.6) is 0 Å². The molecule has 1 N–H and O–H groups in total. The number of pyridine rings is 1. The van der Waals surface area contributed by atoms with Crippen molar-refractivity contribution in [3.8, 4) is 0 Å². The number of nitrogens with zero attached hydrogens (tertiary/aromatic N) is 2. The molecular weight excluding hydrogens is 354 g/mol. The summed E-state index contributed by atoms with van der Waals surface area (Å²) in [4.78, 5) is 19.2. The maximum atomic E-state index is 12.5. The van der Waals surface area contributed by atoms with Crippen LogP contribution in [0.1, 0.15) is 10.4 Å². The normalized spacial score (nSPS) is 11.3. The molecule has 3 rings (SSSR count). The Balaban J connectivity index is 2.01. The van der Waals surface area contributed by atoms with Crippen LogP contribution < -0.4 is 5.32 Å². The number of likely N-dealkylation sites (N-methyl/N-ethyl adjacent to an activating group) is 1. The molecule has 1 heterocycles. The average molecular weight is 372 g/mol. The average Bonchev–Trinajstić information content (AvgIpc) is 2.51. The molecule has 0 saturated heterocycles. The van der Waals surface area contributed by atoms with Gasteiger partial charge in [0.05, 0.1) is 16.6 Å². The highest BCUT2D eigenvalue weighted by Gasteiger charge is 2.12. The first-order chi connectivity index (χ1) is 11.0. The quantitative estimate of drug-likeness (QED) is 0.714. The molecule has 0 unspecified atom stereocenters. The molecule has 0 bridgehead atoms. The van der Waals surface area contributed by atoms with Gasteiger partial charge in [0.25, 0.3) is 5.91 Å². The zero-order chi connectivity index (χ0) is 16.4. The highest BCUT2D eigenvalue weighted by molar-refractivity contribution is 9.10. The summed E-state index contributed by atoms with van der Waals surface area (Å²) in [6.07, 6.45) is 0. The summed E-state index contributed by atoms with van der Waals surface area (Å²) in [7, 11) is 3.96. The second kappa shape index (κ2) is 6.64. The number of amides is 1. The summed E-state index contributed by atoms with van der Waals surface area (Å²) in [6.45, 7) is 1.42. The van der Waals surface area contributed by atoms with Crippen LogP contribution in [0.15, 0.2) is 46.9 Å². The first kappa shape index (κ1) is 15.9. The van der Waals surface area contributed by atoms with Gasteiger partial charge in [0, 0.05) is 28.3 Å². The molecule has 0 atom stereocenters. The Morgan fingerprint density at radius 1 is 1.17 bits per heavy atom. The maximum absolute atomic E-state index is 12.5. The van der Waals surface area contributed by atoms with E-state index in [4.69, 9.17) is 4.98 Å². The monoisotopic (exact) mass is 371 g/mol. The van der Waals surface area contributed by atoms with Crippen molar-refractivity contribution >= 4 is 43.6 Å². The smallest absolute Gasteiger partial charge is 0.253 e. The molecule has 0 radical (unpaired) electrons. The van der Waals surface area contributed by atoms with Crippen LogP contribution in [-0.2, 0) is 0 Å². The lowest BCUT2D eigenvalue weighted by Crippen LogP contribution is -2.31. The van der Waals surface area contributed by atoms with Gasteiger partial charge in [-0.2, -0.15) is 0 Å². The van der Waals surface area contributed by atoms with Crippen molar-refractivity contribution in [1.82, 2.24) is 15.2 Å². The second-order valence-electron chi connectivity index (χ2n) is 5.76. The van der Waals surface area contributed by atoms with E-state index in [1.807, 2.05) is 55.4 Å². The molecule has 0 spiro atoms. The Morgan fingerprint density at radius 2 is 2.00 bits per heavy atom. The zero-order valence-electron chi connectivity index (χ0n) is 13.1. The number of para-hydroxylation sites is 1. The third-order valence-corrected chi connectivity index (χ3v) is 4.19. The molecule has 3 aromatic rings.